The van der Waals surface area contributed by atoms with Crippen molar-refractivity contribution < 1.29 is 13.2 Å². The average Bonchev–Trinajstić information content (AvgIpc) is 3.26. The molecular formula is C21H22F3N5O. The first-order valence-electron chi connectivity index (χ1n) is 10.2. The molecule has 0 spiro atoms. The average molecular weight is 417 g/mol. The number of fused-ring (bicyclic) bond motifs is 1. The fourth-order valence-electron chi connectivity index (χ4n) is 4.41. The molecule has 30 heavy (non-hydrogen) atoms. The monoisotopic (exact) mass is 417 g/mol. The van der Waals surface area contributed by atoms with Crippen LogP contribution in [0.15, 0.2) is 41.5 Å². The molecule has 2 fully saturated rings. The van der Waals surface area contributed by atoms with Gasteiger partial charge in [-0.25, -0.2) is 9.97 Å². The first kappa shape index (κ1) is 19.3. The third kappa shape index (κ3) is 3.62. The van der Waals surface area contributed by atoms with Gasteiger partial charge in [-0.3, -0.25) is 14.3 Å². The molecule has 0 amide bonds. The number of benzene rings is 1. The highest BCUT2D eigenvalue weighted by molar-refractivity contribution is 5.77. The van der Waals surface area contributed by atoms with Crippen LogP contribution in [0, 0.1) is 0 Å². The van der Waals surface area contributed by atoms with Gasteiger partial charge in [0, 0.05) is 18.4 Å². The van der Waals surface area contributed by atoms with Gasteiger partial charge in [0.1, 0.15) is 18.2 Å². The zero-order chi connectivity index (χ0) is 20.9. The minimum atomic E-state index is -4.51. The summed E-state index contributed by atoms with van der Waals surface area (Å²) in [6, 6.07) is 6.71. The molecule has 3 heterocycles. The van der Waals surface area contributed by atoms with Crippen LogP contribution in [0.5, 0.6) is 0 Å². The highest BCUT2D eigenvalue weighted by Gasteiger charge is 2.36. The van der Waals surface area contributed by atoms with E-state index < -0.39 is 18.3 Å². The normalized spacial score (nSPS) is 20.3. The molecule has 3 aromatic rings. The minimum absolute atomic E-state index is 0.193. The molecule has 2 aliphatic rings. The quantitative estimate of drug-likeness (QED) is 0.633. The molecule has 0 bridgehead atoms. The molecule has 1 saturated carbocycles. The van der Waals surface area contributed by atoms with Gasteiger partial charge in [0.15, 0.2) is 0 Å². The maximum absolute atomic E-state index is 13.3. The Morgan fingerprint density at radius 1 is 1.13 bits per heavy atom. The van der Waals surface area contributed by atoms with Gasteiger partial charge in [0.2, 0.25) is 0 Å². The molecule has 158 valence electrons. The summed E-state index contributed by atoms with van der Waals surface area (Å²) in [5.41, 5.74) is -0.207. The molecular weight excluding hydrogens is 395 g/mol. The van der Waals surface area contributed by atoms with Crippen LogP contribution in [0.1, 0.15) is 49.4 Å². The van der Waals surface area contributed by atoms with Gasteiger partial charge in [-0.1, -0.05) is 12.1 Å². The van der Waals surface area contributed by atoms with Crippen LogP contribution in [0.2, 0.25) is 0 Å². The van der Waals surface area contributed by atoms with Crippen LogP contribution in [-0.2, 0) is 13.1 Å². The Morgan fingerprint density at radius 2 is 1.93 bits per heavy atom. The molecule has 6 nitrogen and oxygen atoms in total. The third-order valence-corrected chi connectivity index (χ3v) is 5.92. The second-order valence-corrected chi connectivity index (χ2v) is 8.10. The first-order chi connectivity index (χ1) is 14.4. The standard InChI is InChI=1S/C21H22F3N5O/c22-21(23,24)13-29-19(26-16-5-2-1-4-15(16)20(29)30)17-6-3-10-27(17)12-18-25-9-11-28(18)14-7-8-14/h1-2,4-5,9,11,14,17H,3,6-8,10,12-13H2. The van der Waals surface area contributed by atoms with Crippen molar-refractivity contribution in [3.05, 3.63) is 58.7 Å². The van der Waals surface area contributed by atoms with Crippen molar-refractivity contribution in [2.45, 2.75) is 57.0 Å². The second kappa shape index (κ2) is 7.23. The minimum Gasteiger partial charge on any atom is -0.331 e. The fraction of sp³-hybridized carbons (Fsp3) is 0.476. The lowest BCUT2D eigenvalue weighted by molar-refractivity contribution is -0.142. The van der Waals surface area contributed by atoms with Crippen LogP contribution in [0.4, 0.5) is 13.2 Å². The molecule has 1 unspecified atom stereocenters. The van der Waals surface area contributed by atoms with E-state index in [4.69, 9.17) is 0 Å². The third-order valence-electron chi connectivity index (χ3n) is 5.92. The number of likely N-dealkylation sites (tertiary alicyclic amines) is 1. The summed E-state index contributed by atoms with van der Waals surface area (Å²) in [5, 5.41) is 0.208. The molecule has 9 heteroatoms. The van der Waals surface area contributed by atoms with E-state index in [-0.39, 0.29) is 17.3 Å². The molecule has 0 radical (unpaired) electrons. The Balaban J connectivity index is 1.55. The Hall–Kier alpha value is -2.68. The number of hydrogen-bond acceptors (Lipinski definition) is 4. The number of nitrogens with zero attached hydrogens (tertiary/aromatic N) is 5. The van der Waals surface area contributed by atoms with Crippen molar-refractivity contribution in [3.8, 4) is 0 Å². The van der Waals surface area contributed by atoms with E-state index >= 15 is 0 Å². The second-order valence-electron chi connectivity index (χ2n) is 8.10. The van der Waals surface area contributed by atoms with Gasteiger partial charge in [-0.15, -0.1) is 0 Å². The molecule has 0 N–H and O–H groups in total. The van der Waals surface area contributed by atoms with Crippen LogP contribution in [-0.4, -0.2) is 36.7 Å². The summed E-state index contributed by atoms with van der Waals surface area (Å²) in [6.45, 7) is -0.0696. The topological polar surface area (TPSA) is 56.0 Å². The number of aromatic nitrogens is 4. The summed E-state index contributed by atoms with van der Waals surface area (Å²) >= 11 is 0. The SMILES string of the molecule is O=c1c2ccccc2nc(C2CCCN2Cc2nccn2C2CC2)n1CC(F)(F)F. The maximum atomic E-state index is 13.3. The van der Waals surface area contributed by atoms with Gasteiger partial charge >= 0.3 is 6.18 Å². The number of halogens is 3. The highest BCUT2D eigenvalue weighted by Crippen LogP contribution is 2.37. The lowest BCUT2D eigenvalue weighted by Gasteiger charge is -2.27. The zero-order valence-electron chi connectivity index (χ0n) is 16.3. The van der Waals surface area contributed by atoms with Crippen molar-refractivity contribution in [2.24, 2.45) is 0 Å². The number of alkyl halides is 3. The Morgan fingerprint density at radius 3 is 2.70 bits per heavy atom. The van der Waals surface area contributed by atoms with Crippen LogP contribution >= 0.6 is 0 Å². The van der Waals surface area contributed by atoms with Crippen molar-refractivity contribution >= 4 is 10.9 Å². The van der Waals surface area contributed by atoms with Gasteiger partial charge in [0.25, 0.3) is 5.56 Å². The number of imidazole rings is 1. The van der Waals surface area contributed by atoms with Gasteiger partial charge in [0.05, 0.1) is 23.5 Å². The summed E-state index contributed by atoms with van der Waals surface area (Å²) in [4.78, 5) is 24.1. The van der Waals surface area contributed by atoms with E-state index in [0.717, 1.165) is 36.2 Å². The molecule has 1 aliphatic carbocycles. The summed E-state index contributed by atoms with van der Waals surface area (Å²) in [7, 11) is 0. The molecule has 1 atom stereocenters. The summed E-state index contributed by atoms with van der Waals surface area (Å²) in [5.74, 6) is 1.10. The molecule has 1 aromatic carbocycles. The number of rotatable bonds is 5. The predicted octanol–water partition coefficient (Wildman–Crippen LogP) is 3.83. The van der Waals surface area contributed by atoms with Crippen molar-refractivity contribution in [3.63, 3.8) is 0 Å². The largest absolute Gasteiger partial charge is 0.406 e. The van der Waals surface area contributed by atoms with Crippen LogP contribution in [0.3, 0.4) is 0 Å². The zero-order valence-corrected chi connectivity index (χ0v) is 16.3. The molecule has 1 aliphatic heterocycles. The van der Waals surface area contributed by atoms with Gasteiger partial charge in [-0.05, 0) is 44.4 Å². The lowest BCUT2D eigenvalue weighted by Crippen LogP contribution is -2.36. The summed E-state index contributed by atoms with van der Waals surface area (Å²) in [6.07, 6.45) is 2.98. The van der Waals surface area contributed by atoms with E-state index in [0.29, 0.717) is 24.5 Å². The first-order valence-corrected chi connectivity index (χ1v) is 10.2. The smallest absolute Gasteiger partial charge is 0.331 e. The summed E-state index contributed by atoms with van der Waals surface area (Å²) < 4.78 is 43.0. The van der Waals surface area contributed by atoms with Crippen LogP contribution in [0.25, 0.3) is 10.9 Å². The van der Waals surface area contributed by atoms with E-state index in [2.05, 4.69) is 19.4 Å². The highest BCUT2D eigenvalue weighted by atomic mass is 19.4. The lowest BCUT2D eigenvalue weighted by atomic mass is 10.1. The van der Waals surface area contributed by atoms with E-state index in [1.54, 1.807) is 24.4 Å². The van der Waals surface area contributed by atoms with Gasteiger partial charge in [-0.2, -0.15) is 13.2 Å². The molecule has 2 aromatic heterocycles. The number of hydrogen-bond donors (Lipinski definition) is 0. The van der Waals surface area contributed by atoms with Gasteiger partial charge < -0.3 is 4.57 Å². The molecule has 5 rings (SSSR count). The van der Waals surface area contributed by atoms with E-state index in [9.17, 15) is 18.0 Å². The van der Waals surface area contributed by atoms with Crippen LogP contribution < -0.4 is 5.56 Å². The Bertz CT molecular complexity index is 1130. The predicted molar refractivity (Wildman–Crippen MR) is 105 cm³/mol. The number of para-hydroxylation sites is 1. The van der Waals surface area contributed by atoms with Crippen molar-refractivity contribution in [2.75, 3.05) is 6.54 Å². The fourth-order valence-corrected chi connectivity index (χ4v) is 4.41. The Kier molecular flexibility index (Phi) is 4.65. The van der Waals surface area contributed by atoms with Crippen molar-refractivity contribution in [1.82, 2.24) is 24.0 Å². The molecule has 1 saturated heterocycles. The Labute approximate surface area is 171 Å². The van der Waals surface area contributed by atoms with Crippen molar-refractivity contribution in [1.29, 1.82) is 0 Å². The van der Waals surface area contributed by atoms with E-state index in [1.807, 2.05) is 6.20 Å². The van der Waals surface area contributed by atoms with E-state index in [1.165, 1.54) is 6.07 Å². The maximum Gasteiger partial charge on any atom is 0.406 e.